The summed E-state index contributed by atoms with van der Waals surface area (Å²) in [5.74, 6) is -0.421. The van der Waals surface area contributed by atoms with Gasteiger partial charge in [-0.2, -0.15) is 0 Å². The molecule has 2 fully saturated rings. The van der Waals surface area contributed by atoms with Crippen LogP contribution in [-0.2, 0) is 11.3 Å². The minimum atomic E-state index is -0.556. The number of amides is 3. The van der Waals surface area contributed by atoms with Gasteiger partial charge >= 0.3 is 11.7 Å². The number of likely N-dealkylation sites (tertiary alicyclic amines) is 1. The van der Waals surface area contributed by atoms with Gasteiger partial charge in [-0.1, -0.05) is 0 Å². The molecule has 1 aromatic carbocycles. The fraction of sp³-hybridized carbons (Fsp3) is 0.577. The van der Waals surface area contributed by atoms with Gasteiger partial charge in [0.25, 0.3) is 5.56 Å². The van der Waals surface area contributed by atoms with Gasteiger partial charge in [-0.05, 0) is 70.7 Å². The van der Waals surface area contributed by atoms with Crippen molar-refractivity contribution in [2.24, 2.45) is 11.8 Å². The zero-order valence-corrected chi connectivity index (χ0v) is 21.8. The number of anilines is 1. The number of piperidine rings is 1. The van der Waals surface area contributed by atoms with E-state index in [9.17, 15) is 19.2 Å². The number of nitrogens with one attached hydrogen (secondary N) is 4. The Morgan fingerprint density at radius 2 is 1.95 bits per heavy atom. The lowest BCUT2D eigenvalue weighted by Crippen LogP contribution is -2.52. The van der Waals surface area contributed by atoms with E-state index in [-0.39, 0.29) is 35.3 Å². The van der Waals surface area contributed by atoms with E-state index in [1.807, 2.05) is 13.8 Å². The van der Waals surface area contributed by atoms with Crippen LogP contribution in [-0.4, -0.2) is 64.9 Å². The Bertz CT molecular complexity index is 1290. The Labute approximate surface area is 215 Å². The number of benzene rings is 1. The Kier molecular flexibility index (Phi) is 8.11. The number of aromatic nitrogens is 2. The summed E-state index contributed by atoms with van der Waals surface area (Å²) in [4.78, 5) is 53.6. The maximum atomic E-state index is 13.3. The van der Waals surface area contributed by atoms with Crippen LogP contribution >= 0.6 is 0 Å². The zero-order chi connectivity index (χ0) is 26.7. The summed E-state index contributed by atoms with van der Waals surface area (Å²) in [5, 5.41) is 16.6. The average molecular weight is 512 g/mol. The van der Waals surface area contributed by atoms with Crippen LogP contribution in [0.4, 0.5) is 10.5 Å². The molecule has 2 atom stereocenters. The van der Waals surface area contributed by atoms with Gasteiger partial charge in [0.2, 0.25) is 5.91 Å². The molecule has 1 aromatic heterocycles. The Balaban J connectivity index is 1.52. The lowest BCUT2D eigenvalue weighted by Gasteiger charge is -2.33. The number of fused-ring (bicyclic) bond motifs is 1. The smallest absolute Gasteiger partial charge is 0.331 e. The third kappa shape index (κ3) is 5.93. The van der Waals surface area contributed by atoms with Crippen molar-refractivity contribution in [3.8, 4) is 0 Å². The minimum absolute atomic E-state index is 0.123. The number of carbonyl (C=O) groups is 2. The summed E-state index contributed by atoms with van der Waals surface area (Å²) in [5.41, 5.74) is 0.407. The molecule has 11 heteroatoms. The summed E-state index contributed by atoms with van der Waals surface area (Å²) in [6.07, 6.45) is 4.66. The topological polar surface area (TPSA) is 141 Å². The van der Waals surface area contributed by atoms with Crippen molar-refractivity contribution in [1.82, 2.24) is 24.7 Å². The highest BCUT2D eigenvalue weighted by Gasteiger charge is 2.28. The average Bonchev–Trinajstić information content (AvgIpc) is 3.69. The van der Waals surface area contributed by atoms with Crippen molar-refractivity contribution in [1.29, 1.82) is 5.41 Å². The summed E-state index contributed by atoms with van der Waals surface area (Å²) >= 11 is 0. The standard InChI is InChI=1S/C26H37N7O4/c1-16(2)33-22-9-8-19(11-21(22)24(35)32(26(33)37)14-17-6-7-17)30-25(36)31-10-4-5-20(15-31)29-23(34)18(12-27)13-28-3/h8-9,11-12,16-18,20,27-28H,4-7,10,13-15H2,1-3H3,(H,29,34)(H,30,36). The number of urea groups is 1. The van der Waals surface area contributed by atoms with Crippen LogP contribution in [0.15, 0.2) is 27.8 Å². The molecule has 0 bridgehead atoms. The van der Waals surface area contributed by atoms with Gasteiger partial charge in [0.05, 0.1) is 16.8 Å². The van der Waals surface area contributed by atoms with Gasteiger partial charge < -0.3 is 26.3 Å². The molecule has 2 heterocycles. The van der Waals surface area contributed by atoms with Crippen molar-refractivity contribution >= 4 is 34.7 Å². The van der Waals surface area contributed by atoms with E-state index in [1.54, 1.807) is 34.7 Å². The maximum Gasteiger partial charge on any atom is 0.331 e. The molecule has 1 saturated heterocycles. The van der Waals surface area contributed by atoms with Gasteiger partial charge in [0, 0.05) is 50.2 Å². The van der Waals surface area contributed by atoms with Gasteiger partial charge in [0.1, 0.15) is 0 Å². The molecule has 2 unspecified atom stereocenters. The number of hydrogen-bond donors (Lipinski definition) is 4. The molecular formula is C26H37N7O4. The monoisotopic (exact) mass is 511 g/mol. The van der Waals surface area contributed by atoms with Gasteiger partial charge in [-0.25, -0.2) is 9.59 Å². The first kappa shape index (κ1) is 26.6. The summed E-state index contributed by atoms with van der Waals surface area (Å²) in [6.45, 7) is 5.54. The van der Waals surface area contributed by atoms with Crippen LogP contribution in [0.25, 0.3) is 10.9 Å². The SMILES string of the molecule is CNCC(C=N)C(=O)NC1CCCN(C(=O)Nc2ccc3c(c2)c(=O)n(CC2CC2)c(=O)n3C(C)C)C1. The van der Waals surface area contributed by atoms with E-state index in [2.05, 4.69) is 16.0 Å². The van der Waals surface area contributed by atoms with E-state index in [1.165, 1.54) is 4.57 Å². The molecule has 200 valence electrons. The Hall–Kier alpha value is -3.47. The molecule has 1 aliphatic heterocycles. The molecule has 3 amide bonds. The van der Waals surface area contributed by atoms with Crippen LogP contribution in [0.5, 0.6) is 0 Å². The number of nitrogens with zero attached hydrogens (tertiary/aromatic N) is 3. The molecule has 37 heavy (non-hydrogen) atoms. The van der Waals surface area contributed by atoms with E-state index in [0.717, 1.165) is 31.9 Å². The quantitative estimate of drug-likeness (QED) is 0.380. The van der Waals surface area contributed by atoms with E-state index < -0.39 is 5.92 Å². The maximum absolute atomic E-state index is 13.3. The number of hydrogen-bond acceptors (Lipinski definition) is 6. The molecule has 2 aliphatic rings. The van der Waals surface area contributed by atoms with Gasteiger partial charge in [0.15, 0.2) is 0 Å². The first-order chi connectivity index (χ1) is 17.7. The highest BCUT2D eigenvalue weighted by atomic mass is 16.2. The van der Waals surface area contributed by atoms with Crippen molar-refractivity contribution < 1.29 is 9.59 Å². The van der Waals surface area contributed by atoms with Crippen LogP contribution in [0.1, 0.15) is 45.6 Å². The van der Waals surface area contributed by atoms with Crippen molar-refractivity contribution in [2.75, 3.05) is 32.0 Å². The molecule has 0 spiro atoms. The number of rotatable bonds is 9. The predicted molar refractivity (Wildman–Crippen MR) is 144 cm³/mol. The highest BCUT2D eigenvalue weighted by Crippen LogP contribution is 2.30. The van der Waals surface area contributed by atoms with Gasteiger partial charge in [-0.3, -0.25) is 18.7 Å². The molecular weight excluding hydrogens is 474 g/mol. The molecule has 1 saturated carbocycles. The predicted octanol–water partition coefficient (Wildman–Crippen LogP) is 1.75. The van der Waals surface area contributed by atoms with Gasteiger partial charge in [-0.15, -0.1) is 0 Å². The van der Waals surface area contributed by atoms with Crippen LogP contribution < -0.4 is 27.2 Å². The van der Waals surface area contributed by atoms with Crippen LogP contribution in [0, 0.1) is 17.2 Å². The second kappa shape index (κ2) is 11.3. The van der Waals surface area contributed by atoms with Crippen LogP contribution in [0.3, 0.4) is 0 Å². The van der Waals surface area contributed by atoms with Crippen molar-refractivity contribution in [2.45, 2.75) is 58.2 Å². The largest absolute Gasteiger partial charge is 0.351 e. The highest BCUT2D eigenvalue weighted by molar-refractivity contribution is 5.94. The third-order valence-corrected chi connectivity index (χ3v) is 7.09. The second-order valence-electron chi connectivity index (χ2n) is 10.4. The third-order valence-electron chi connectivity index (χ3n) is 7.09. The molecule has 4 N–H and O–H groups in total. The Morgan fingerprint density at radius 1 is 1.19 bits per heavy atom. The molecule has 1 aliphatic carbocycles. The van der Waals surface area contributed by atoms with E-state index >= 15 is 0 Å². The molecule has 0 radical (unpaired) electrons. The summed E-state index contributed by atoms with van der Waals surface area (Å²) in [7, 11) is 1.73. The fourth-order valence-corrected chi connectivity index (χ4v) is 4.92. The van der Waals surface area contributed by atoms with E-state index in [4.69, 9.17) is 5.41 Å². The zero-order valence-electron chi connectivity index (χ0n) is 21.8. The Morgan fingerprint density at radius 3 is 2.59 bits per heavy atom. The van der Waals surface area contributed by atoms with Crippen LogP contribution in [0.2, 0.25) is 0 Å². The first-order valence-corrected chi connectivity index (χ1v) is 13.0. The number of carbonyl (C=O) groups excluding carboxylic acids is 2. The van der Waals surface area contributed by atoms with E-state index in [0.29, 0.717) is 48.7 Å². The van der Waals surface area contributed by atoms with Crippen molar-refractivity contribution in [3.05, 3.63) is 39.0 Å². The first-order valence-electron chi connectivity index (χ1n) is 13.0. The summed E-state index contributed by atoms with van der Waals surface area (Å²) < 4.78 is 2.97. The lowest BCUT2D eigenvalue weighted by atomic mass is 10.0. The minimum Gasteiger partial charge on any atom is -0.351 e. The molecule has 11 nitrogen and oxygen atoms in total. The molecule has 2 aromatic rings. The fourth-order valence-electron chi connectivity index (χ4n) is 4.92. The molecule has 4 rings (SSSR count). The normalized spacial score (nSPS) is 18.6. The second-order valence-corrected chi connectivity index (χ2v) is 10.4. The lowest BCUT2D eigenvalue weighted by molar-refractivity contribution is -0.123. The van der Waals surface area contributed by atoms with Crippen molar-refractivity contribution in [3.63, 3.8) is 0 Å². The summed E-state index contributed by atoms with van der Waals surface area (Å²) in [6, 6.07) is 4.44.